The van der Waals surface area contributed by atoms with Crippen molar-refractivity contribution in [3.8, 4) is 0 Å². The second-order valence-electron chi connectivity index (χ2n) is 4.31. The van der Waals surface area contributed by atoms with Crippen LogP contribution in [0.2, 0.25) is 0 Å². The Hall–Kier alpha value is -1.09. The maximum Gasteiger partial charge on any atom is 0.0741 e. The number of methoxy groups -OCH3 is 1. The number of ether oxygens (including phenoxy) is 1. The highest BCUT2D eigenvalue weighted by molar-refractivity contribution is 5.43. The molecule has 92 valence electrons. The van der Waals surface area contributed by atoms with Crippen LogP contribution in [0.4, 0.5) is 5.69 Å². The van der Waals surface area contributed by atoms with Crippen molar-refractivity contribution >= 4 is 5.69 Å². The standard InChI is InChI=1S/C13H22N2O.H2/c1-5-13(16-4)9-15-12-6-11(10(2)3)7-14-8-12;/h6-8,10,13,15H,5,9H2,1-4H3;1H. The van der Waals surface area contributed by atoms with E-state index in [1.807, 2.05) is 12.4 Å². The zero-order valence-electron chi connectivity index (χ0n) is 10.7. The van der Waals surface area contributed by atoms with Crippen molar-refractivity contribution in [3.05, 3.63) is 24.0 Å². The van der Waals surface area contributed by atoms with Crippen LogP contribution in [0.3, 0.4) is 0 Å². The number of aromatic nitrogens is 1. The van der Waals surface area contributed by atoms with E-state index in [9.17, 15) is 0 Å². The van der Waals surface area contributed by atoms with Crippen molar-refractivity contribution in [2.45, 2.75) is 39.2 Å². The van der Waals surface area contributed by atoms with E-state index in [1.165, 1.54) is 5.56 Å². The van der Waals surface area contributed by atoms with Crippen LogP contribution in [0.25, 0.3) is 0 Å². The van der Waals surface area contributed by atoms with Gasteiger partial charge in [-0.1, -0.05) is 20.8 Å². The second-order valence-corrected chi connectivity index (χ2v) is 4.31. The lowest BCUT2D eigenvalue weighted by atomic mass is 10.1. The van der Waals surface area contributed by atoms with Crippen LogP contribution in [-0.2, 0) is 4.74 Å². The van der Waals surface area contributed by atoms with Gasteiger partial charge in [-0.2, -0.15) is 0 Å². The first-order valence-corrected chi connectivity index (χ1v) is 5.89. The average molecular weight is 224 g/mol. The van der Waals surface area contributed by atoms with Gasteiger partial charge in [-0.15, -0.1) is 0 Å². The van der Waals surface area contributed by atoms with Crippen LogP contribution in [-0.4, -0.2) is 24.7 Å². The molecule has 0 spiro atoms. The quantitative estimate of drug-likeness (QED) is 0.805. The molecular formula is C13H24N2O. The predicted octanol–water partition coefficient (Wildman–Crippen LogP) is 3.29. The van der Waals surface area contributed by atoms with Crippen LogP contribution in [0.1, 0.15) is 40.1 Å². The van der Waals surface area contributed by atoms with Crippen molar-refractivity contribution in [2.24, 2.45) is 0 Å². The Kier molecular flexibility index (Phi) is 5.26. The Morgan fingerprint density at radius 1 is 1.44 bits per heavy atom. The van der Waals surface area contributed by atoms with E-state index in [0.29, 0.717) is 5.92 Å². The molecule has 1 rings (SSSR count). The second kappa shape index (κ2) is 6.48. The third kappa shape index (κ3) is 3.81. The molecule has 1 heterocycles. The number of nitrogens with zero attached hydrogens (tertiary/aromatic N) is 1. The molecule has 1 unspecified atom stereocenters. The summed E-state index contributed by atoms with van der Waals surface area (Å²) in [5.41, 5.74) is 2.33. The van der Waals surface area contributed by atoms with Crippen LogP contribution < -0.4 is 5.32 Å². The van der Waals surface area contributed by atoms with Crippen molar-refractivity contribution in [3.63, 3.8) is 0 Å². The van der Waals surface area contributed by atoms with Crippen molar-refractivity contribution in [1.82, 2.24) is 4.98 Å². The summed E-state index contributed by atoms with van der Waals surface area (Å²) < 4.78 is 5.32. The Balaban J connectivity index is 0.00000256. The molecule has 0 radical (unpaired) electrons. The third-order valence-electron chi connectivity index (χ3n) is 2.75. The zero-order chi connectivity index (χ0) is 12.0. The maximum atomic E-state index is 5.32. The number of anilines is 1. The molecule has 3 nitrogen and oxygen atoms in total. The third-order valence-corrected chi connectivity index (χ3v) is 2.75. The summed E-state index contributed by atoms with van der Waals surface area (Å²) in [4.78, 5) is 4.23. The summed E-state index contributed by atoms with van der Waals surface area (Å²) >= 11 is 0. The normalized spacial score (nSPS) is 12.8. The lowest BCUT2D eigenvalue weighted by Crippen LogP contribution is -2.21. The van der Waals surface area contributed by atoms with Crippen LogP contribution in [0, 0.1) is 0 Å². The van der Waals surface area contributed by atoms with E-state index in [0.717, 1.165) is 18.7 Å². The largest absolute Gasteiger partial charge is 0.381 e. The number of hydrogen-bond donors (Lipinski definition) is 1. The highest BCUT2D eigenvalue weighted by Crippen LogP contribution is 2.16. The Morgan fingerprint density at radius 3 is 2.75 bits per heavy atom. The molecule has 0 aliphatic carbocycles. The first-order chi connectivity index (χ1) is 7.67. The van der Waals surface area contributed by atoms with Gasteiger partial charge in [0.15, 0.2) is 0 Å². The molecule has 1 N–H and O–H groups in total. The fourth-order valence-electron chi connectivity index (χ4n) is 1.50. The molecule has 1 aromatic heterocycles. The molecule has 0 aliphatic heterocycles. The van der Waals surface area contributed by atoms with E-state index in [2.05, 4.69) is 37.1 Å². The van der Waals surface area contributed by atoms with E-state index in [-0.39, 0.29) is 7.53 Å². The number of nitrogens with one attached hydrogen (secondary N) is 1. The lowest BCUT2D eigenvalue weighted by molar-refractivity contribution is 0.110. The first-order valence-electron chi connectivity index (χ1n) is 5.89. The Labute approximate surface area is 99.7 Å². The minimum atomic E-state index is 0. The van der Waals surface area contributed by atoms with Gasteiger partial charge in [0.1, 0.15) is 0 Å². The predicted molar refractivity (Wildman–Crippen MR) is 70.0 cm³/mol. The molecule has 0 saturated heterocycles. The summed E-state index contributed by atoms with van der Waals surface area (Å²) in [5, 5.41) is 3.35. The van der Waals surface area contributed by atoms with E-state index in [4.69, 9.17) is 4.74 Å². The minimum absolute atomic E-state index is 0. The maximum absolute atomic E-state index is 5.32. The Bertz CT molecular complexity index is 314. The van der Waals surface area contributed by atoms with Crippen LogP contribution in [0.5, 0.6) is 0 Å². The molecule has 0 bridgehead atoms. The summed E-state index contributed by atoms with van der Waals surface area (Å²) in [6, 6.07) is 2.15. The van der Waals surface area contributed by atoms with Gasteiger partial charge in [0.05, 0.1) is 11.8 Å². The summed E-state index contributed by atoms with van der Waals surface area (Å²) in [5.74, 6) is 0.513. The van der Waals surface area contributed by atoms with Crippen molar-refractivity contribution < 1.29 is 6.16 Å². The van der Waals surface area contributed by atoms with Crippen molar-refractivity contribution in [1.29, 1.82) is 0 Å². The molecular weight excluding hydrogens is 200 g/mol. The molecule has 1 aromatic rings. The fourth-order valence-corrected chi connectivity index (χ4v) is 1.50. The molecule has 0 saturated carbocycles. The average Bonchev–Trinajstić information content (AvgIpc) is 2.31. The Morgan fingerprint density at radius 2 is 2.19 bits per heavy atom. The zero-order valence-corrected chi connectivity index (χ0v) is 10.7. The van der Waals surface area contributed by atoms with Gasteiger partial charge in [0.25, 0.3) is 0 Å². The van der Waals surface area contributed by atoms with E-state index >= 15 is 0 Å². The molecule has 0 amide bonds. The molecule has 3 heteroatoms. The number of hydrogen-bond acceptors (Lipinski definition) is 3. The van der Waals surface area contributed by atoms with Gasteiger partial charge in [-0.05, 0) is 24.0 Å². The topological polar surface area (TPSA) is 34.2 Å². The van der Waals surface area contributed by atoms with Gasteiger partial charge in [-0.3, -0.25) is 4.98 Å². The molecule has 0 aromatic carbocycles. The minimum Gasteiger partial charge on any atom is -0.381 e. The number of pyridine rings is 1. The van der Waals surface area contributed by atoms with Gasteiger partial charge in [0.2, 0.25) is 0 Å². The first kappa shape index (κ1) is 13.0. The molecule has 0 aliphatic rings. The fraction of sp³-hybridized carbons (Fsp3) is 0.615. The summed E-state index contributed by atoms with van der Waals surface area (Å²) in [7, 11) is 1.75. The highest BCUT2D eigenvalue weighted by atomic mass is 16.5. The van der Waals surface area contributed by atoms with Gasteiger partial charge < -0.3 is 10.1 Å². The van der Waals surface area contributed by atoms with Crippen LogP contribution >= 0.6 is 0 Å². The molecule has 0 fully saturated rings. The molecule has 1 atom stereocenters. The van der Waals surface area contributed by atoms with Gasteiger partial charge >= 0.3 is 0 Å². The monoisotopic (exact) mass is 224 g/mol. The summed E-state index contributed by atoms with van der Waals surface area (Å²) in [6.45, 7) is 7.30. The van der Waals surface area contributed by atoms with Gasteiger partial charge in [0, 0.05) is 27.5 Å². The SMILES string of the molecule is CCC(CNc1cncc(C(C)C)c1)OC.[HH]. The van der Waals surface area contributed by atoms with E-state index in [1.54, 1.807) is 7.11 Å². The number of rotatable bonds is 6. The van der Waals surface area contributed by atoms with E-state index < -0.39 is 0 Å². The summed E-state index contributed by atoms with van der Waals surface area (Å²) in [6.07, 6.45) is 5.06. The smallest absolute Gasteiger partial charge is 0.0741 e. The lowest BCUT2D eigenvalue weighted by Gasteiger charge is -2.15. The van der Waals surface area contributed by atoms with Crippen LogP contribution in [0.15, 0.2) is 18.5 Å². The highest BCUT2D eigenvalue weighted by Gasteiger charge is 2.05. The van der Waals surface area contributed by atoms with Crippen molar-refractivity contribution in [2.75, 3.05) is 19.0 Å². The van der Waals surface area contributed by atoms with Gasteiger partial charge in [-0.25, -0.2) is 0 Å². The molecule has 16 heavy (non-hydrogen) atoms.